The molecule has 0 fully saturated rings. The second-order valence-corrected chi connectivity index (χ2v) is 4.21. The van der Waals surface area contributed by atoms with E-state index in [0.29, 0.717) is 11.4 Å². The van der Waals surface area contributed by atoms with Crippen LogP contribution in [0, 0.1) is 0 Å². The molecule has 1 aromatic heterocycles. The lowest BCUT2D eigenvalue weighted by Gasteiger charge is -2.11. The van der Waals surface area contributed by atoms with Gasteiger partial charge in [-0.05, 0) is 18.9 Å². The minimum absolute atomic E-state index is 0.0898. The fourth-order valence-corrected chi connectivity index (χ4v) is 1.40. The molecule has 3 nitrogen and oxygen atoms in total. The molecule has 1 rings (SSSR count). The average molecular weight is 235 g/mol. The monoisotopic (exact) mass is 235 g/mol. The molecule has 0 radical (unpaired) electrons. The maximum atomic E-state index is 12.3. The third kappa shape index (κ3) is 3.23. The predicted octanol–water partition coefficient (Wildman–Crippen LogP) is 2.59. The van der Waals surface area contributed by atoms with E-state index in [0.717, 1.165) is 4.68 Å². The number of halogens is 3. The summed E-state index contributed by atoms with van der Waals surface area (Å²) in [5, 5.41) is 3.93. The second-order valence-electron chi connectivity index (χ2n) is 4.21. The highest BCUT2D eigenvalue weighted by Crippen LogP contribution is 2.23. The van der Waals surface area contributed by atoms with Crippen LogP contribution in [-0.4, -0.2) is 16.0 Å². The van der Waals surface area contributed by atoms with Gasteiger partial charge < -0.3 is 5.73 Å². The lowest BCUT2D eigenvalue weighted by Crippen LogP contribution is -2.22. The van der Waals surface area contributed by atoms with E-state index < -0.39 is 18.8 Å². The Balaban J connectivity index is 3.06. The molecule has 0 saturated heterocycles. The number of aromatic nitrogens is 2. The first-order chi connectivity index (χ1) is 7.20. The van der Waals surface area contributed by atoms with Gasteiger partial charge in [0.15, 0.2) is 0 Å². The summed E-state index contributed by atoms with van der Waals surface area (Å²) < 4.78 is 37.8. The molecule has 0 aromatic carbocycles. The van der Waals surface area contributed by atoms with Gasteiger partial charge in [0.2, 0.25) is 0 Å². The molecule has 0 aliphatic carbocycles. The van der Waals surface area contributed by atoms with E-state index in [-0.39, 0.29) is 5.92 Å². The van der Waals surface area contributed by atoms with E-state index in [1.54, 1.807) is 13.0 Å². The van der Waals surface area contributed by atoms with Crippen molar-refractivity contribution in [3.63, 3.8) is 0 Å². The topological polar surface area (TPSA) is 43.8 Å². The molecule has 0 bridgehead atoms. The van der Waals surface area contributed by atoms with Crippen molar-refractivity contribution in [2.75, 3.05) is 0 Å². The first-order valence-corrected chi connectivity index (χ1v) is 5.10. The summed E-state index contributed by atoms with van der Waals surface area (Å²) in [4.78, 5) is 0. The van der Waals surface area contributed by atoms with Gasteiger partial charge in [-0.2, -0.15) is 18.3 Å². The zero-order valence-electron chi connectivity index (χ0n) is 9.54. The quantitative estimate of drug-likeness (QED) is 0.875. The molecular formula is C10H16F3N3. The van der Waals surface area contributed by atoms with Crippen molar-refractivity contribution in [1.29, 1.82) is 0 Å². The predicted molar refractivity (Wildman–Crippen MR) is 55.0 cm³/mol. The van der Waals surface area contributed by atoms with Gasteiger partial charge in [0.05, 0.1) is 11.4 Å². The SMILES string of the molecule is CC(C)c1cc([C@H](C)N)n(CC(F)(F)F)n1. The first kappa shape index (κ1) is 13.0. The molecule has 16 heavy (non-hydrogen) atoms. The average Bonchev–Trinajstić information content (AvgIpc) is 2.44. The Hall–Kier alpha value is -1.04. The highest BCUT2D eigenvalue weighted by atomic mass is 19.4. The van der Waals surface area contributed by atoms with E-state index in [9.17, 15) is 13.2 Å². The van der Waals surface area contributed by atoms with Gasteiger partial charge >= 0.3 is 6.18 Å². The summed E-state index contributed by atoms with van der Waals surface area (Å²) in [5.41, 5.74) is 6.67. The van der Waals surface area contributed by atoms with Crippen LogP contribution < -0.4 is 5.73 Å². The van der Waals surface area contributed by atoms with Crippen molar-refractivity contribution in [1.82, 2.24) is 9.78 Å². The molecule has 0 aliphatic rings. The summed E-state index contributed by atoms with van der Waals surface area (Å²) in [5.74, 6) is 0.0898. The number of nitrogens with two attached hydrogens (primary N) is 1. The van der Waals surface area contributed by atoms with Crippen LogP contribution in [0.25, 0.3) is 0 Å². The highest BCUT2D eigenvalue weighted by molar-refractivity contribution is 5.16. The van der Waals surface area contributed by atoms with Crippen molar-refractivity contribution in [2.24, 2.45) is 5.73 Å². The molecule has 0 amide bonds. The van der Waals surface area contributed by atoms with Gasteiger partial charge in [-0.1, -0.05) is 13.8 Å². The van der Waals surface area contributed by atoms with Crippen LogP contribution in [0.15, 0.2) is 6.07 Å². The molecule has 0 aliphatic heterocycles. The van der Waals surface area contributed by atoms with Crippen LogP contribution >= 0.6 is 0 Å². The van der Waals surface area contributed by atoms with Crippen molar-refractivity contribution in [3.8, 4) is 0 Å². The van der Waals surface area contributed by atoms with Crippen LogP contribution in [0.1, 0.15) is 44.1 Å². The molecular weight excluding hydrogens is 219 g/mol. The van der Waals surface area contributed by atoms with Gasteiger partial charge in [0.25, 0.3) is 0 Å². The zero-order valence-corrected chi connectivity index (χ0v) is 9.54. The van der Waals surface area contributed by atoms with Gasteiger partial charge in [-0.15, -0.1) is 0 Å². The number of hydrogen-bond donors (Lipinski definition) is 1. The maximum Gasteiger partial charge on any atom is 0.408 e. The van der Waals surface area contributed by atoms with Crippen LogP contribution in [0.4, 0.5) is 13.2 Å². The molecule has 0 spiro atoms. The van der Waals surface area contributed by atoms with Crippen molar-refractivity contribution < 1.29 is 13.2 Å². The molecule has 6 heteroatoms. The van der Waals surface area contributed by atoms with Crippen LogP contribution in [0.3, 0.4) is 0 Å². The van der Waals surface area contributed by atoms with E-state index in [2.05, 4.69) is 5.10 Å². The smallest absolute Gasteiger partial charge is 0.323 e. The van der Waals surface area contributed by atoms with E-state index in [4.69, 9.17) is 5.73 Å². The Kier molecular flexibility index (Phi) is 3.62. The highest BCUT2D eigenvalue weighted by Gasteiger charge is 2.30. The third-order valence-corrected chi connectivity index (χ3v) is 2.22. The lowest BCUT2D eigenvalue weighted by atomic mass is 10.1. The number of nitrogens with zero attached hydrogens (tertiary/aromatic N) is 2. The third-order valence-electron chi connectivity index (χ3n) is 2.22. The summed E-state index contributed by atoms with van der Waals surface area (Å²) in [6, 6.07) is 1.18. The lowest BCUT2D eigenvalue weighted by molar-refractivity contribution is -0.143. The van der Waals surface area contributed by atoms with E-state index in [1.807, 2.05) is 13.8 Å². The van der Waals surface area contributed by atoms with Gasteiger partial charge in [0.1, 0.15) is 6.54 Å². The maximum absolute atomic E-state index is 12.3. The Morgan fingerprint density at radius 3 is 2.31 bits per heavy atom. The van der Waals surface area contributed by atoms with Crippen molar-refractivity contribution >= 4 is 0 Å². The summed E-state index contributed by atoms with van der Waals surface area (Å²) in [6.07, 6.45) is -4.27. The normalized spacial score (nSPS) is 14.5. The molecule has 1 atom stereocenters. The molecule has 1 heterocycles. The first-order valence-electron chi connectivity index (χ1n) is 5.10. The Labute approximate surface area is 92.4 Å². The molecule has 2 N–H and O–H groups in total. The van der Waals surface area contributed by atoms with Gasteiger partial charge in [-0.25, -0.2) is 0 Å². The standard InChI is InChI=1S/C10H16F3N3/c1-6(2)8-4-9(7(3)14)16(15-8)5-10(11,12)13/h4,6-7H,5,14H2,1-3H3/t7-/m0/s1. The summed E-state index contributed by atoms with van der Waals surface area (Å²) in [7, 11) is 0. The largest absolute Gasteiger partial charge is 0.408 e. The fraction of sp³-hybridized carbons (Fsp3) is 0.700. The van der Waals surface area contributed by atoms with Gasteiger partial charge in [-0.3, -0.25) is 4.68 Å². The van der Waals surface area contributed by atoms with Crippen LogP contribution in [-0.2, 0) is 6.54 Å². The Morgan fingerprint density at radius 1 is 1.38 bits per heavy atom. The summed E-state index contributed by atoms with van der Waals surface area (Å²) in [6.45, 7) is 4.32. The zero-order chi connectivity index (χ0) is 12.5. The minimum Gasteiger partial charge on any atom is -0.323 e. The van der Waals surface area contributed by atoms with E-state index >= 15 is 0 Å². The molecule has 1 aromatic rings. The minimum atomic E-state index is -4.27. The van der Waals surface area contributed by atoms with Crippen LogP contribution in [0.2, 0.25) is 0 Å². The Morgan fingerprint density at radius 2 is 1.94 bits per heavy atom. The molecule has 0 unspecified atom stereocenters. The van der Waals surface area contributed by atoms with Crippen molar-refractivity contribution in [3.05, 3.63) is 17.5 Å². The van der Waals surface area contributed by atoms with Crippen LogP contribution in [0.5, 0.6) is 0 Å². The molecule has 92 valence electrons. The number of alkyl halides is 3. The second kappa shape index (κ2) is 4.45. The number of rotatable bonds is 3. The van der Waals surface area contributed by atoms with Crippen molar-refractivity contribution in [2.45, 2.75) is 45.5 Å². The number of hydrogen-bond acceptors (Lipinski definition) is 2. The fourth-order valence-electron chi connectivity index (χ4n) is 1.40. The molecule has 0 saturated carbocycles. The Bertz CT molecular complexity index is 353. The van der Waals surface area contributed by atoms with E-state index in [1.165, 1.54) is 0 Å². The summed E-state index contributed by atoms with van der Waals surface area (Å²) >= 11 is 0. The van der Waals surface area contributed by atoms with Gasteiger partial charge in [0, 0.05) is 6.04 Å².